The molecule has 3 aromatic rings. The quantitative estimate of drug-likeness (QED) is 0.249. The van der Waals surface area contributed by atoms with Crippen LogP contribution in [0.2, 0.25) is 0 Å². The first-order valence-electron chi connectivity index (χ1n) is 8.90. The van der Waals surface area contributed by atoms with Crippen molar-refractivity contribution in [1.82, 2.24) is 5.32 Å². The number of oxime groups is 1. The number of nitrogens with zero attached hydrogens (tertiary/aromatic N) is 1. The Hall–Kier alpha value is -3.25. The van der Waals surface area contributed by atoms with Crippen LogP contribution in [0, 0.1) is 0 Å². The van der Waals surface area contributed by atoms with Crippen molar-refractivity contribution >= 4 is 34.0 Å². The molecule has 29 heavy (non-hydrogen) atoms. The van der Waals surface area contributed by atoms with Gasteiger partial charge in [0.05, 0.1) is 5.92 Å². The molecule has 1 amide bonds. The molecule has 0 heterocycles. The van der Waals surface area contributed by atoms with Gasteiger partial charge in [0, 0.05) is 15.6 Å². The van der Waals surface area contributed by atoms with E-state index in [1.165, 1.54) is 13.4 Å². The van der Waals surface area contributed by atoms with Gasteiger partial charge in [0.25, 0.3) is 0 Å². The smallest absolute Gasteiger partial charge is 0.237 e. The Morgan fingerprint density at radius 1 is 0.897 bits per heavy atom. The van der Waals surface area contributed by atoms with Crippen LogP contribution in [-0.4, -0.2) is 25.1 Å². The van der Waals surface area contributed by atoms with E-state index in [2.05, 4.69) is 31.2 Å². The maximum atomic E-state index is 12.8. The number of amides is 1. The molecule has 146 valence electrons. The lowest BCUT2D eigenvalue weighted by atomic mass is 9.89. The van der Waals surface area contributed by atoms with Gasteiger partial charge in [-0.25, -0.2) is 0 Å². The Balaban J connectivity index is 1.91. The monoisotopic (exact) mass is 450 g/mol. The van der Waals surface area contributed by atoms with E-state index in [4.69, 9.17) is 0 Å². The SMILES string of the molecule is CO/N=C\NC(=O)[C@@H](c1ccc(Br)cc1)c1ccc(C(=O)c2ccccc2)cc1. The van der Waals surface area contributed by atoms with Crippen molar-refractivity contribution in [2.24, 2.45) is 5.16 Å². The van der Waals surface area contributed by atoms with Crippen molar-refractivity contribution in [1.29, 1.82) is 0 Å². The number of hydrogen-bond donors (Lipinski definition) is 1. The third-order valence-corrected chi connectivity index (χ3v) is 4.90. The molecule has 0 unspecified atom stereocenters. The molecule has 3 rings (SSSR count). The van der Waals surface area contributed by atoms with Crippen LogP contribution < -0.4 is 5.32 Å². The van der Waals surface area contributed by atoms with Crippen LogP contribution in [0.3, 0.4) is 0 Å². The Bertz CT molecular complexity index is 1000. The highest BCUT2D eigenvalue weighted by Crippen LogP contribution is 2.27. The molecule has 0 aliphatic heterocycles. The first kappa shape index (κ1) is 20.5. The average molecular weight is 451 g/mol. The van der Waals surface area contributed by atoms with E-state index in [0.717, 1.165) is 15.6 Å². The summed E-state index contributed by atoms with van der Waals surface area (Å²) in [5.74, 6) is -0.878. The Morgan fingerprint density at radius 2 is 1.45 bits per heavy atom. The summed E-state index contributed by atoms with van der Waals surface area (Å²) >= 11 is 3.41. The topological polar surface area (TPSA) is 67.8 Å². The number of ketones is 1. The molecular weight excluding hydrogens is 432 g/mol. The first-order chi connectivity index (χ1) is 14.1. The predicted octanol–water partition coefficient (Wildman–Crippen LogP) is 4.52. The molecule has 0 radical (unpaired) electrons. The van der Waals surface area contributed by atoms with E-state index in [9.17, 15) is 9.59 Å². The molecule has 0 saturated carbocycles. The Labute approximate surface area is 177 Å². The fourth-order valence-electron chi connectivity index (χ4n) is 2.96. The van der Waals surface area contributed by atoms with Crippen LogP contribution in [0.4, 0.5) is 0 Å². The third kappa shape index (κ3) is 5.18. The maximum Gasteiger partial charge on any atom is 0.237 e. The molecule has 1 atom stereocenters. The summed E-state index contributed by atoms with van der Waals surface area (Å²) in [5.41, 5.74) is 2.77. The lowest BCUT2D eigenvalue weighted by Crippen LogP contribution is -2.29. The van der Waals surface area contributed by atoms with Crippen LogP contribution >= 0.6 is 15.9 Å². The molecular formula is C23H19BrN2O3. The zero-order valence-electron chi connectivity index (χ0n) is 15.7. The highest BCUT2D eigenvalue weighted by atomic mass is 79.9. The van der Waals surface area contributed by atoms with Gasteiger partial charge in [-0.3, -0.25) is 9.59 Å². The summed E-state index contributed by atoms with van der Waals surface area (Å²) in [7, 11) is 1.40. The summed E-state index contributed by atoms with van der Waals surface area (Å²) < 4.78 is 0.921. The second-order valence-corrected chi connectivity index (χ2v) is 7.14. The summed E-state index contributed by atoms with van der Waals surface area (Å²) in [6, 6.07) is 23.7. The molecule has 3 aromatic carbocycles. The molecule has 0 aliphatic rings. The molecule has 0 bridgehead atoms. The Morgan fingerprint density at radius 3 is 2.03 bits per heavy atom. The molecule has 1 N–H and O–H groups in total. The van der Waals surface area contributed by atoms with E-state index in [0.29, 0.717) is 11.1 Å². The average Bonchev–Trinajstić information content (AvgIpc) is 2.76. The zero-order valence-corrected chi connectivity index (χ0v) is 17.3. The number of rotatable bonds is 7. The minimum atomic E-state index is -0.563. The number of carbonyl (C=O) groups is 2. The first-order valence-corrected chi connectivity index (χ1v) is 9.70. The van der Waals surface area contributed by atoms with Crippen molar-refractivity contribution in [3.05, 3.63) is 106 Å². The van der Waals surface area contributed by atoms with Crippen LogP contribution in [0.5, 0.6) is 0 Å². The van der Waals surface area contributed by atoms with Crippen molar-refractivity contribution < 1.29 is 14.4 Å². The van der Waals surface area contributed by atoms with Gasteiger partial charge in [-0.2, -0.15) is 0 Å². The lowest BCUT2D eigenvalue weighted by Gasteiger charge is -2.17. The number of nitrogens with one attached hydrogen (secondary N) is 1. The van der Waals surface area contributed by atoms with Crippen LogP contribution in [0.25, 0.3) is 0 Å². The van der Waals surface area contributed by atoms with Crippen LogP contribution in [0.15, 0.2) is 88.5 Å². The standard InChI is InChI=1S/C23H19BrN2O3/c1-29-26-15-25-23(28)21(17-11-13-20(24)14-12-17)16-7-9-19(10-8-16)22(27)18-5-3-2-4-6-18/h2-15,21H,1H3,(H,25,26,28)/t21-/m1/s1. The Kier molecular flexibility index (Phi) is 6.92. The van der Waals surface area contributed by atoms with E-state index in [-0.39, 0.29) is 11.7 Å². The van der Waals surface area contributed by atoms with Crippen molar-refractivity contribution in [3.63, 3.8) is 0 Å². The van der Waals surface area contributed by atoms with Gasteiger partial charge < -0.3 is 10.2 Å². The normalized spacial score (nSPS) is 11.8. The minimum absolute atomic E-state index is 0.0611. The van der Waals surface area contributed by atoms with Crippen molar-refractivity contribution in [2.75, 3.05) is 7.11 Å². The predicted molar refractivity (Wildman–Crippen MR) is 116 cm³/mol. The van der Waals surface area contributed by atoms with Crippen LogP contribution in [0.1, 0.15) is 33.0 Å². The number of carbonyl (C=O) groups excluding carboxylic acids is 2. The summed E-state index contributed by atoms with van der Waals surface area (Å²) in [6.07, 6.45) is 1.21. The van der Waals surface area contributed by atoms with Gasteiger partial charge in [0.15, 0.2) is 5.78 Å². The number of hydrogen-bond acceptors (Lipinski definition) is 4. The molecule has 0 aliphatic carbocycles. The second-order valence-electron chi connectivity index (χ2n) is 6.23. The van der Waals surface area contributed by atoms with Gasteiger partial charge >= 0.3 is 0 Å². The van der Waals surface area contributed by atoms with Crippen LogP contribution in [-0.2, 0) is 9.63 Å². The number of halogens is 1. The van der Waals surface area contributed by atoms with E-state index >= 15 is 0 Å². The fraction of sp³-hybridized carbons (Fsp3) is 0.0870. The zero-order chi connectivity index (χ0) is 20.6. The van der Waals surface area contributed by atoms with Gasteiger partial charge in [-0.15, -0.1) is 0 Å². The van der Waals surface area contributed by atoms with E-state index < -0.39 is 5.92 Å². The lowest BCUT2D eigenvalue weighted by molar-refractivity contribution is -0.120. The third-order valence-electron chi connectivity index (χ3n) is 4.37. The fourth-order valence-corrected chi connectivity index (χ4v) is 3.22. The molecule has 0 saturated heterocycles. The van der Waals surface area contributed by atoms with Gasteiger partial charge in [0.1, 0.15) is 13.4 Å². The van der Waals surface area contributed by atoms with E-state index in [1.807, 2.05) is 42.5 Å². The van der Waals surface area contributed by atoms with Gasteiger partial charge in [-0.1, -0.05) is 87.8 Å². The summed E-state index contributed by atoms with van der Waals surface area (Å²) in [5, 5.41) is 6.18. The summed E-state index contributed by atoms with van der Waals surface area (Å²) in [6.45, 7) is 0. The number of benzene rings is 3. The molecule has 5 nitrogen and oxygen atoms in total. The van der Waals surface area contributed by atoms with Crippen molar-refractivity contribution in [2.45, 2.75) is 5.92 Å². The van der Waals surface area contributed by atoms with Crippen molar-refractivity contribution in [3.8, 4) is 0 Å². The maximum absolute atomic E-state index is 12.8. The van der Waals surface area contributed by atoms with Gasteiger partial charge in [0.2, 0.25) is 5.91 Å². The molecule has 0 aromatic heterocycles. The molecule has 0 spiro atoms. The molecule has 6 heteroatoms. The largest absolute Gasteiger partial charge is 0.398 e. The second kappa shape index (κ2) is 9.80. The minimum Gasteiger partial charge on any atom is -0.398 e. The van der Waals surface area contributed by atoms with E-state index in [1.54, 1.807) is 36.4 Å². The highest BCUT2D eigenvalue weighted by molar-refractivity contribution is 9.10. The molecule has 0 fully saturated rings. The highest BCUT2D eigenvalue weighted by Gasteiger charge is 2.23. The summed E-state index contributed by atoms with van der Waals surface area (Å²) in [4.78, 5) is 30.0. The van der Waals surface area contributed by atoms with Gasteiger partial charge in [-0.05, 0) is 23.3 Å².